The van der Waals surface area contributed by atoms with Crippen LogP contribution < -0.4 is 5.32 Å². The molecule has 1 N–H and O–H groups in total. The molecular weight excluding hydrogens is 164 g/mol. The Morgan fingerprint density at radius 1 is 1.46 bits per heavy atom. The van der Waals surface area contributed by atoms with Crippen LogP contribution in [0.5, 0.6) is 0 Å². The molecule has 0 aliphatic carbocycles. The summed E-state index contributed by atoms with van der Waals surface area (Å²) in [7, 11) is 1.79. The molecule has 0 saturated heterocycles. The average molecular weight is 184 g/mol. The summed E-state index contributed by atoms with van der Waals surface area (Å²) in [6, 6.07) is 2.09. The molecule has 0 amide bonds. The Kier molecular flexibility index (Phi) is 7.66. The first-order valence-corrected chi connectivity index (χ1v) is 4.93. The predicted molar refractivity (Wildman–Crippen MR) is 53.4 cm³/mol. The van der Waals surface area contributed by atoms with Gasteiger partial charge in [-0.05, 0) is 26.8 Å². The molecule has 0 heterocycles. The minimum absolute atomic E-state index is 0.0752. The summed E-state index contributed by atoms with van der Waals surface area (Å²) >= 11 is 0. The van der Waals surface area contributed by atoms with Gasteiger partial charge in [-0.1, -0.05) is 13.3 Å². The van der Waals surface area contributed by atoms with Gasteiger partial charge in [-0.25, -0.2) is 0 Å². The number of ether oxygens (including phenoxy) is 1. The molecule has 0 rings (SSSR count). The smallest absolute Gasteiger partial charge is 0.0972 e. The van der Waals surface area contributed by atoms with Gasteiger partial charge in [0, 0.05) is 6.61 Å². The highest BCUT2D eigenvalue weighted by Gasteiger charge is 2.05. The van der Waals surface area contributed by atoms with E-state index in [0.717, 1.165) is 19.3 Å². The van der Waals surface area contributed by atoms with Gasteiger partial charge in [0.05, 0.1) is 18.2 Å². The van der Waals surface area contributed by atoms with Gasteiger partial charge < -0.3 is 10.1 Å². The van der Waals surface area contributed by atoms with Crippen molar-refractivity contribution in [2.24, 2.45) is 0 Å². The molecule has 3 nitrogen and oxygen atoms in total. The average Bonchev–Trinajstić information content (AvgIpc) is 2.13. The highest BCUT2D eigenvalue weighted by Crippen LogP contribution is 2.02. The molecule has 76 valence electrons. The lowest BCUT2D eigenvalue weighted by Gasteiger charge is -2.13. The Bertz CT molecular complexity index is 153. The Balaban J connectivity index is 3.38. The van der Waals surface area contributed by atoms with E-state index in [4.69, 9.17) is 10.00 Å². The second-order valence-corrected chi connectivity index (χ2v) is 3.23. The Morgan fingerprint density at radius 3 is 2.62 bits per heavy atom. The van der Waals surface area contributed by atoms with Crippen LogP contribution in [0, 0.1) is 11.3 Å². The van der Waals surface area contributed by atoms with Crippen molar-refractivity contribution in [3.8, 4) is 6.07 Å². The zero-order chi connectivity index (χ0) is 10.1. The third-order valence-corrected chi connectivity index (χ3v) is 2.01. The van der Waals surface area contributed by atoms with E-state index in [1.54, 1.807) is 7.05 Å². The molecule has 0 bridgehead atoms. The summed E-state index contributed by atoms with van der Waals surface area (Å²) in [4.78, 5) is 0. The van der Waals surface area contributed by atoms with Crippen molar-refractivity contribution in [1.82, 2.24) is 5.32 Å². The van der Waals surface area contributed by atoms with Crippen LogP contribution in [0.3, 0.4) is 0 Å². The standard InChI is InChI=1S/C10H20N2O/c1-4-5-9(2)13-7-6-10(8-11)12-3/h9-10,12H,4-7H2,1-3H3. The van der Waals surface area contributed by atoms with Gasteiger partial charge in [-0.15, -0.1) is 0 Å². The molecule has 2 unspecified atom stereocenters. The fourth-order valence-electron chi connectivity index (χ4n) is 1.15. The van der Waals surface area contributed by atoms with Crippen LogP contribution in [0.15, 0.2) is 0 Å². The number of nitrogens with one attached hydrogen (secondary N) is 1. The highest BCUT2D eigenvalue weighted by atomic mass is 16.5. The summed E-state index contributed by atoms with van der Waals surface area (Å²) in [5.74, 6) is 0. The fraction of sp³-hybridized carbons (Fsp3) is 0.900. The second kappa shape index (κ2) is 8.03. The third kappa shape index (κ3) is 6.56. The van der Waals surface area contributed by atoms with Crippen LogP contribution in [0.4, 0.5) is 0 Å². The van der Waals surface area contributed by atoms with E-state index in [0.29, 0.717) is 12.7 Å². The highest BCUT2D eigenvalue weighted by molar-refractivity contribution is 4.88. The molecule has 0 aromatic heterocycles. The summed E-state index contributed by atoms with van der Waals surface area (Å²) in [6.45, 7) is 4.88. The van der Waals surface area contributed by atoms with Gasteiger partial charge in [-0.2, -0.15) is 5.26 Å². The van der Waals surface area contributed by atoms with E-state index >= 15 is 0 Å². The second-order valence-electron chi connectivity index (χ2n) is 3.23. The van der Waals surface area contributed by atoms with Crippen LogP contribution in [0.25, 0.3) is 0 Å². The first-order chi connectivity index (χ1) is 6.24. The molecule has 0 radical (unpaired) electrons. The van der Waals surface area contributed by atoms with Crippen LogP contribution in [0.2, 0.25) is 0 Å². The SMILES string of the molecule is CCCC(C)OCCC(C#N)NC. The Labute approximate surface area is 81.1 Å². The lowest BCUT2D eigenvalue weighted by molar-refractivity contribution is 0.0561. The molecule has 13 heavy (non-hydrogen) atoms. The first-order valence-electron chi connectivity index (χ1n) is 4.93. The third-order valence-electron chi connectivity index (χ3n) is 2.01. The number of hydrogen-bond acceptors (Lipinski definition) is 3. The van der Waals surface area contributed by atoms with Crippen molar-refractivity contribution in [3.05, 3.63) is 0 Å². The zero-order valence-corrected chi connectivity index (χ0v) is 8.84. The van der Waals surface area contributed by atoms with Crippen molar-refractivity contribution in [2.45, 2.75) is 45.3 Å². The van der Waals surface area contributed by atoms with Crippen molar-refractivity contribution in [3.63, 3.8) is 0 Å². The molecular formula is C10H20N2O. The maximum atomic E-state index is 8.63. The van der Waals surface area contributed by atoms with E-state index in [1.165, 1.54) is 0 Å². The molecule has 0 aliphatic rings. The number of hydrogen-bond donors (Lipinski definition) is 1. The van der Waals surface area contributed by atoms with Crippen molar-refractivity contribution in [1.29, 1.82) is 5.26 Å². The summed E-state index contributed by atoms with van der Waals surface area (Å²) in [6.07, 6.45) is 3.33. The molecule has 2 atom stereocenters. The van der Waals surface area contributed by atoms with Crippen molar-refractivity contribution < 1.29 is 4.74 Å². The summed E-state index contributed by atoms with van der Waals surface area (Å²) in [5, 5.41) is 11.5. The van der Waals surface area contributed by atoms with E-state index in [9.17, 15) is 0 Å². The monoisotopic (exact) mass is 184 g/mol. The summed E-state index contributed by atoms with van der Waals surface area (Å²) < 4.78 is 5.53. The maximum Gasteiger partial charge on any atom is 0.0972 e. The van der Waals surface area contributed by atoms with Gasteiger partial charge in [0.15, 0.2) is 0 Å². The van der Waals surface area contributed by atoms with E-state index < -0.39 is 0 Å². The Morgan fingerprint density at radius 2 is 2.15 bits per heavy atom. The van der Waals surface area contributed by atoms with Gasteiger partial charge in [0.2, 0.25) is 0 Å². The molecule has 0 aromatic carbocycles. The minimum Gasteiger partial charge on any atom is -0.378 e. The maximum absolute atomic E-state index is 8.63. The number of nitriles is 1. The van der Waals surface area contributed by atoms with Gasteiger partial charge in [0.1, 0.15) is 0 Å². The van der Waals surface area contributed by atoms with Crippen LogP contribution >= 0.6 is 0 Å². The predicted octanol–water partition coefficient (Wildman–Crippen LogP) is 1.69. The largest absolute Gasteiger partial charge is 0.378 e. The lowest BCUT2D eigenvalue weighted by Crippen LogP contribution is -2.25. The van der Waals surface area contributed by atoms with Gasteiger partial charge in [0.25, 0.3) is 0 Å². The molecule has 0 aromatic rings. The van der Waals surface area contributed by atoms with Gasteiger partial charge in [-0.3, -0.25) is 0 Å². The topological polar surface area (TPSA) is 45.0 Å². The summed E-state index contributed by atoms with van der Waals surface area (Å²) in [5.41, 5.74) is 0. The minimum atomic E-state index is -0.0752. The van der Waals surface area contributed by atoms with Crippen molar-refractivity contribution >= 4 is 0 Å². The lowest BCUT2D eigenvalue weighted by atomic mass is 10.2. The first kappa shape index (κ1) is 12.4. The molecule has 0 spiro atoms. The molecule has 0 fully saturated rings. The number of rotatable bonds is 7. The van der Waals surface area contributed by atoms with Crippen LogP contribution in [-0.2, 0) is 4.74 Å². The van der Waals surface area contributed by atoms with E-state index in [2.05, 4.69) is 25.2 Å². The molecule has 3 heteroatoms. The van der Waals surface area contributed by atoms with Crippen LogP contribution in [-0.4, -0.2) is 25.8 Å². The quantitative estimate of drug-likeness (QED) is 0.655. The van der Waals surface area contributed by atoms with Gasteiger partial charge >= 0.3 is 0 Å². The van der Waals surface area contributed by atoms with E-state index in [1.807, 2.05) is 0 Å². The normalized spacial score (nSPS) is 14.9. The van der Waals surface area contributed by atoms with E-state index in [-0.39, 0.29) is 6.04 Å². The molecule has 0 aliphatic heterocycles. The van der Waals surface area contributed by atoms with Crippen molar-refractivity contribution in [2.75, 3.05) is 13.7 Å². The Hall–Kier alpha value is -0.590. The fourth-order valence-corrected chi connectivity index (χ4v) is 1.15. The molecule has 0 saturated carbocycles. The zero-order valence-electron chi connectivity index (χ0n) is 8.84. The number of nitrogens with zero attached hydrogens (tertiary/aromatic N) is 1. The van der Waals surface area contributed by atoms with Crippen LogP contribution in [0.1, 0.15) is 33.1 Å².